The number of nitrogens with zero attached hydrogens (tertiary/aromatic N) is 2. The minimum atomic E-state index is -0.917. The van der Waals surface area contributed by atoms with E-state index < -0.39 is 22.5 Å². The first-order valence-corrected chi connectivity index (χ1v) is 9.01. The molecule has 7 heteroatoms. The van der Waals surface area contributed by atoms with E-state index >= 15 is 0 Å². The maximum Gasteiger partial charge on any atom is 0.243 e. The highest BCUT2D eigenvalue weighted by atomic mass is 32.2. The lowest BCUT2D eigenvalue weighted by Crippen LogP contribution is -2.45. The van der Waals surface area contributed by atoms with Crippen molar-refractivity contribution in [3.8, 4) is 12.1 Å². The number of allylic oxidation sites excluding steroid dienone is 1. The zero-order chi connectivity index (χ0) is 17.9. The number of nitrogens with one attached hydrogen (secondary N) is 2. The zero-order valence-electron chi connectivity index (χ0n) is 14.2. The summed E-state index contributed by atoms with van der Waals surface area (Å²) in [7, 11) is 0. The van der Waals surface area contributed by atoms with Gasteiger partial charge in [-0.3, -0.25) is 9.59 Å². The maximum absolute atomic E-state index is 12.3. The molecule has 2 atom stereocenters. The number of carbonyl (C=O) groups excluding carboxylic acids is 2. The van der Waals surface area contributed by atoms with E-state index in [9.17, 15) is 20.1 Å². The number of thioether (sulfide) groups is 1. The van der Waals surface area contributed by atoms with E-state index in [1.807, 2.05) is 6.07 Å². The van der Waals surface area contributed by atoms with Crippen LogP contribution < -0.4 is 10.6 Å². The van der Waals surface area contributed by atoms with Gasteiger partial charge in [-0.15, -0.1) is 0 Å². The number of hydrogen-bond acceptors (Lipinski definition) is 5. The molecule has 1 aliphatic heterocycles. The van der Waals surface area contributed by atoms with Crippen LogP contribution in [0.3, 0.4) is 0 Å². The molecule has 0 saturated heterocycles. The molecular weight excluding hydrogens is 324 g/mol. The van der Waals surface area contributed by atoms with Crippen LogP contribution >= 0.6 is 11.8 Å². The molecule has 1 heterocycles. The predicted octanol–water partition coefficient (Wildman–Crippen LogP) is 2.20. The Kier molecular flexibility index (Phi) is 5.56. The molecule has 6 nitrogen and oxygen atoms in total. The summed E-state index contributed by atoms with van der Waals surface area (Å²) in [5.74, 6) is -1.43. The second kappa shape index (κ2) is 7.27. The van der Waals surface area contributed by atoms with Gasteiger partial charge in [-0.2, -0.15) is 10.5 Å². The van der Waals surface area contributed by atoms with Crippen LogP contribution in [0, 0.1) is 34.0 Å². The summed E-state index contributed by atoms with van der Waals surface area (Å²) >= 11 is 1.17. The van der Waals surface area contributed by atoms with Crippen LogP contribution in [-0.4, -0.2) is 23.1 Å². The lowest BCUT2D eigenvalue weighted by Gasteiger charge is -2.35. The van der Waals surface area contributed by atoms with Crippen molar-refractivity contribution in [2.24, 2.45) is 11.3 Å². The van der Waals surface area contributed by atoms with E-state index in [1.165, 1.54) is 11.8 Å². The summed E-state index contributed by atoms with van der Waals surface area (Å²) in [5.41, 5.74) is -0.533. The molecule has 1 aliphatic carbocycles. The first-order chi connectivity index (χ1) is 11.3. The summed E-state index contributed by atoms with van der Waals surface area (Å²) < 4.78 is 0. The van der Waals surface area contributed by atoms with Crippen molar-refractivity contribution in [3.63, 3.8) is 0 Å². The van der Waals surface area contributed by atoms with Gasteiger partial charge in [0.05, 0.1) is 28.0 Å². The molecule has 1 fully saturated rings. The maximum atomic E-state index is 12.3. The van der Waals surface area contributed by atoms with Crippen LogP contribution in [0.15, 0.2) is 10.6 Å². The third-order valence-corrected chi connectivity index (χ3v) is 5.81. The highest BCUT2D eigenvalue weighted by Crippen LogP contribution is 2.42. The zero-order valence-corrected chi connectivity index (χ0v) is 15.0. The molecule has 2 amide bonds. The van der Waals surface area contributed by atoms with Gasteiger partial charge >= 0.3 is 0 Å². The number of carbonyl (C=O) groups is 2. The van der Waals surface area contributed by atoms with Crippen molar-refractivity contribution >= 4 is 23.6 Å². The van der Waals surface area contributed by atoms with Crippen LogP contribution in [0.4, 0.5) is 0 Å². The third-order valence-electron chi connectivity index (χ3n) is 4.70. The summed E-state index contributed by atoms with van der Waals surface area (Å²) in [5, 5.41) is 24.3. The molecule has 2 aliphatic rings. The molecule has 24 heavy (non-hydrogen) atoms. The normalized spacial score (nSPS) is 24.7. The topological polar surface area (TPSA) is 106 Å². The summed E-state index contributed by atoms with van der Waals surface area (Å²) in [6, 6.07) is 4.30. The van der Waals surface area contributed by atoms with Gasteiger partial charge in [0.1, 0.15) is 5.92 Å². The van der Waals surface area contributed by atoms with Crippen LogP contribution in [0.1, 0.15) is 46.5 Å². The fourth-order valence-electron chi connectivity index (χ4n) is 3.13. The molecule has 0 aromatic carbocycles. The Labute approximate surface area is 146 Å². The largest absolute Gasteiger partial charge is 0.352 e. The fraction of sp³-hybridized carbons (Fsp3) is 0.647. The SMILES string of the molecule is C[C@@H](SC1=C(C#N)C(C)(C)[C@H](C#N)C(=O)N1)C(=O)NC1CCCC1. The van der Waals surface area contributed by atoms with Gasteiger partial charge in [0, 0.05) is 11.5 Å². The van der Waals surface area contributed by atoms with Gasteiger partial charge in [0.2, 0.25) is 11.8 Å². The molecule has 0 spiro atoms. The average molecular weight is 346 g/mol. The van der Waals surface area contributed by atoms with E-state index in [4.69, 9.17) is 0 Å². The Morgan fingerprint density at radius 2 is 2.00 bits per heavy atom. The Morgan fingerprint density at radius 1 is 1.38 bits per heavy atom. The Balaban J connectivity index is 2.15. The van der Waals surface area contributed by atoms with Crippen molar-refractivity contribution in [3.05, 3.63) is 10.6 Å². The highest BCUT2D eigenvalue weighted by molar-refractivity contribution is 8.04. The second-order valence-electron chi connectivity index (χ2n) is 6.84. The number of amides is 2. The molecular formula is C17H22N4O2S. The second-order valence-corrected chi connectivity index (χ2v) is 8.19. The molecule has 128 valence electrons. The molecule has 2 N–H and O–H groups in total. The molecule has 0 radical (unpaired) electrons. The first-order valence-electron chi connectivity index (χ1n) is 8.13. The summed E-state index contributed by atoms with van der Waals surface area (Å²) in [4.78, 5) is 24.5. The molecule has 0 aromatic rings. The van der Waals surface area contributed by atoms with Gasteiger partial charge < -0.3 is 10.6 Å². The summed E-state index contributed by atoms with van der Waals surface area (Å²) in [6.45, 7) is 5.18. The average Bonchev–Trinajstić information content (AvgIpc) is 2.99. The van der Waals surface area contributed by atoms with E-state index in [-0.39, 0.29) is 11.9 Å². The Morgan fingerprint density at radius 3 is 2.54 bits per heavy atom. The van der Waals surface area contributed by atoms with Crippen LogP contribution in [0.2, 0.25) is 0 Å². The fourth-order valence-corrected chi connectivity index (χ4v) is 4.25. The predicted molar refractivity (Wildman–Crippen MR) is 91.1 cm³/mol. The summed E-state index contributed by atoms with van der Waals surface area (Å²) in [6.07, 6.45) is 4.28. The molecule has 0 aromatic heterocycles. The quantitative estimate of drug-likeness (QED) is 0.812. The Hall–Kier alpha value is -1.99. The lowest BCUT2D eigenvalue weighted by atomic mass is 9.72. The van der Waals surface area contributed by atoms with Gasteiger partial charge in [-0.25, -0.2) is 0 Å². The van der Waals surface area contributed by atoms with E-state index in [0.717, 1.165) is 25.7 Å². The van der Waals surface area contributed by atoms with Crippen LogP contribution in [-0.2, 0) is 9.59 Å². The van der Waals surface area contributed by atoms with Crippen molar-refractivity contribution in [2.45, 2.75) is 57.7 Å². The van der Waals surface area contributed by atoms with E-state index in [1.54, 1.807) is 20.8 Å². The smallest absolute Gasteiger partial charge is 0.243 e. The number of nitriles is 2. The van der Waals surface area contributed by atoms with E-state index in [0.29, 0.717) is 10.6 Å². The monoisotopic (exact) mass is 346 g/mol. The Bertz CT molecular complexity index is 650. The molecule has 1 saturated carbocycles. The highest BCUT2D eigenvalue weighted by Gasteiger charge is 2.45. The van der Waals surface area contributed by atoms with Crippen molar-refractivity contribution < 1.29 is 9.59 Å². The van der Waals surface area contributed by atoms with Crippen molar-refractivity contribution in [1.29, 1.82) is 10.5 Å². The van der Waals surface area contributed by atoms with Crippen LogP contribution in [0.25, 0.3) is 0 Å². The molecule has 0 bridgehead atoms. The van der Waals surface area contributed by atoms with E-state index in [2.05, 4.69) is 16.7 Å². The van der Waals surface area contributed by atoms with Gasteiger partial charge in [-0.05, 0) is 19.8 Å². The number of rotatable bonds is 4. The van der Waals surface area contributed by atoms with Gasteiger partial charge in [-0.1, -0.05) is 38.5 Å². The van der Waals surface area contributed by atoms with Gasteiger partial charge in [0.25, 0.3) is 0 Å². The molecule has 0 unspecified atom stereocenters. The van der Waals surface area contributed by atoms with Gasteiger partial charge in [0.15, 0.2) is 0 Å². The van der Waals surface area contributed by atoms with Crippen molar-refractivity contribution in [2.75, 3.05) is 0 Å². The third kappa shape index (κ3) is 3.57. The molecule has 2 rings (SSSR count). The number of hydrogen-bond donors (Lipinski definition) is 2. The van der Waals surface area contributed by atoms with Crippen LogP contribution in [0.5, 0.6) is 0 Å². The van der Waals surface area contributed by atoms with Crippen molar-refractivity contribution in [1.82, 2.24) is 10.6 Å². The first kappa shape index (κ1) is 18.4. The minimum absolute atomic E-state index is 0.0915. The standard InChI is InChI=1S/C17H22N4O2S/c1-10(14(22)20-11-6-4-5-7-11)24-16-13(9-19)17(2,3)12(8-18)15(23)21-16/h10-12H,4-7H2,1-3H3,(H,20,22)(H,21,23)/t10-,12-/m1/s1. The lowest BCUT2D eigenvalue weighted by molar-refractivity contribution is -0.125. The minimum Gasteiger partial charge on any atom is -0.352 e.